The molecule has 8 heteroatoms. The third-order valence-corrected chi connectivity index (χ3v) is 5.53. The van der Waals surface area contributed by atoms with Gasteiger partial charge in [0.1, 0.15) is 11.5 Å². The maximum Gasteiger partial charge on any atom is 0.343 e. The Balaban J connectivity index is 1.63. The maximum atomic E-state index is 13.7. The van der Waals surface area contributed by atoms with Crippen molar-refractivity contribution in [3.8, 4) is 11.5 Å². The molecule has 4 nitrogen and oxygen atoms in total. The molecule has 0 saturated carbocycles. The number of fused-ring (bicyclic) bond motifs is 2. The lowest BCUT2D eigenvalue weighted by molar-refractivity contribution is 0.0726. The molecule has 0 aliphatic rings. The summed E-state index contributed by atoms with van der Waals surface area (Å²) >= 11 is 0. The molecule has 0 spiro atoms. The Hall–Kier alpha value is -4.72. The third-order valence-electron chi connectivity index (χ3n) is 5.53. The minimum atomic E-state index is -1.20. The SMILES string of the molecule is O=C(Oc1c2ccccc2c(OC(=O)c2ccc(F)c(F)c2)c2ccccc12)c1ccc(F)c(F)c1. The summed E-state index contributed by atoms with van der Waals surface area (Å²) in [5.41, 5.74) is -0.396. The quantitative estimate of drug-likeness (QED) is 0.118. The summed E-state index contributed by atoms with van der Waals surface area (Å²) in [5, 5.41) is 1.56. The first-order valence-corrected chi connectivity index (χ1v) is 10.6. The van der Waals surface area contributed by atoms with Crippen molar-refractivity contribution in [2.75, 3.05) is 0 Å². The Morgan fingerprint density at radius 1 is 0.472 bits per heavy atom. The van der Waals surface area contributed by atoms with E-state index in [1.54, 1.807) is 48.5 Å². The van der Waals surface area contributed by atoms with Gasteiger partial charge in [-0.15, -0.1) is 0 Å². The van der Waals surface area contributed by atoms with Gasteiger partial charge in [-0.3, -0.25) is 0 Å². The molecule has 0 fully saturated rings. The van der Waals surface area contributed by atoms with E-state index in [4.69, 9.17) is 9.47 Å². The second-order valence-electron chi connectivity index (χ2n) is 7.79. The number of rotatable bonds is 4. The molecule has 0 bridgehead atoms. The van der Waals surface area contributed by atoms with Crippen LogP contribution in [-0.4, -0.2) is 11.9 Å². The molecular weight excluding hydrogens is 476 g/mol. The van der Waals surface area contributed by atoms with Crippen LogP contribution in [-0.2, 0) is 0 Å². The fourth-order valence-electron chi connectivity index (χ4n) is 3.82. The van der Waals surface area contributed by atoms with Crippen molar-refractivity contribution < 1.29 is 36.6 Å². The van der Waals surface area contributed by atoms with E-state index in [0.717, 1.165) is 36.4 Å². The predicted molar refractivity (Wildman–Crippen MR) is 124 cm³/mol. The lowest BCUT2D eigenvalue weighted by Crippen LogP contribution is -2.12. The highest BCUT2D eigenvalue weighted by Gasteiger charge is 2.22. The van der Waals surface area contributed by atoms with Gasteiger partial charge in [0.05, 0.1) is 11.1 Å². The molecule has 0 saturated heterocycles. The average molecular weight is 490 g/mol. The second-order valence-corrected chi connectivity index (χ2v) is 7.79. The third kappa shape index (κ3) is 4.13. The smallest absolute Gasteiger partial charge is 0.343 e. The first kappa shape index (κ1) is 23.0. The standard InChI is InChI=1S/C28H14F4O4/c29-21-11-9-15(13-23(21)31)27(33)35-25-17-5-1-2-6-18(17)26(20-8-4-3-7-19(20)25)36-28(34)16-10-12-22(30)24(32)14-16/h1-14H. The van der Waals surface area contributed by atoms with Crippen molar-refractivity contribution in [3.63, 3.8) is 0 Å². The fourth-order valence-corrected chi connectivity index (χ4v) is 3.82. The summed E-state index contributed by atoms with van der Waals surface area (Å²) in [7, 11) is 0. The maximum absolute atomic E-state index is 13.7. The highest BCUT2D eigenvalue weighted by atomic mass is 19.2. The molecule has 0 heterocycles. The summed E-state index contributed by atoms with van der Waals surface area (Å²) in [6.07, 6.45) is 0. The summed E-state index contributed by atoms with van der Waals surface area (Å²) < 4.78 is 65.2. The van der Waals surface area contributed by atoms with Crippen molar-refractivity contribution >= 4 is 33.5 Å². The average Bonchev–Trinajstić information content (AvgIpc) is 2.88. The van der Waals surface area contributed by atoms with Crippen LogP contribution < -0.4 is 9.47 Å². The Bertz CT molecular complexity index is 1500. The number of ether oxygens (including phenoxy) is 2. The summed E-state index contributed by atoms with van der Waals surface area (Å²) in [5.74, 6) is -6.21. The van der Waals surface area contributed by atoms with E-state index in [1.165, 1.54) is 0 Å². The molecule has 0 amide bonds. The minimum absolute atomic E-state index is 0.114. The van der Waals surface area contributed by atoms with Gasteiger partial charge in [0.25, 0.3) is 0 Å². The molecule has 5 aromatic rings. The van der Waals surface area contributed by atoms with Crippen LogP contribution in [0, 0.1) is 23.3 Å². The van der Waals surface area contributed by atoms with E-state index in [0.29, 0.717) is 21.5 Å². The van der Waals surface area contributed by atoms with E-state index < -0.39 is 35.2 Å². The molecule has 0 aromatic heterocycles. The molecule has 36 heavy (non-hydrogen) atoms. The number of hydrogen-bond donors (Lipinski definition) is 0. The molecule has 0 radical (unpaired) electrons. The number of esters is 2. The van der Waals surface area contributed by atoms with Crippen molar-refractivity contribution in [3.05, 3.63) is 119 Å². The monoisotopic (exact) mass is 490 g/mol. The zero-order valence-electron chi connectivity index (χ0n) is 18.2. The van der Waals surface area contributed by atoms with Crippen LogP contribution in [0.25, 0.3) is 21.5 Å². The topological polar surface area (TPSA) is 52.6 Å². The van der Waals surface area contributed by atoms with E-state index in [1.807, 2.05) is 0 Å². The van der Waals surface area contributed by atoms with Gasteiger partial charge in [-0.25, -0.2) is 27.2 Å². The van der Waals surface area contributed by atoms with Crippen LogP contribution >= 0.6 is 0 Å². The molecule has 0 unspecified atom stereocenters. The summed E-state index contributed by atoms with van der Waals surface area (Å²) in [6.45, 7) is 0. The fraction of sp³-hybridized carbons (Fsp3) is 0. The van der Waals surface area contributed by atoms with E-state index in [9.17, 15) is 27.2 Å². The van der Waals surface area contributed by atoms with Gasteiger partial charge >= 0.3 is 11.9 Å². The summed E-state index contributed by atoms with van der Waals surface area (Å²) in [6, 6.07) is 18.5. The van der Waals surface area contributed by atoms with Crippen molar-refractivity contribution in [1.82, 2.24) is 0 Å². The number of hydrogen-bond acceptors (Lipinski definition) is 4. The number of carbonyl (C=O) groups is 2. The van der Waals surface area contributed by atoms with Crippen LogP contribution in [0.3, 0.4) is 0 Å². The van der Waals surface area contributed by atoms with Gasteiger partial charge in [0.2, 0.25) is 0 Å². The Labute approximate surface area is 201 Å². The van der Waals surface area contributed by atoms with Crippen LogP contribution in [0.5, 0.6) is 11.5 Å². The van der Waals surface area contributed by atoms with Gasteiger partial charge in [-0.05, 0) is 36.4 Å². The zero-order chi connectivity index (χ0) is 25.4. The molecule has 0 N–H and O–H groups in total. The Morgan fingerprint density at radius 3 is 1.11 bits per heavy atom. The Morgan fingerprint density at radius 2 is 0.806 bits per heavy atom. The molecule has 0 aliphatic heterocycles. The highest BCUT2D eigenvalue weighted by molar-refractivity contribution is 6.13. The highest BCUT2D eigenvalue weighted by Crippen LogP contribution is 2.43. The zero-order valence-corrected chi connectivity index (χ0v) is 18.2. The van der Waals surface area contributed by atoms with Crippen molar-refractivity contribution in [2.24, 2.45) is 0 Å². The minimum Gasteiger partial charge on any atom is -0.422 e. The lowest BCUT2D eigenvalue weighted by atomic mass is 10.0. The number of halogens is 4. The van der Waals surface area contributed by atoms with Crippen LogP contribution in [0.4, 0.5) is 17.6 Å². The second kappa shape index (κ2) is 9.14. The van der Waals surface area contributed by atoms with Crippen LogP contribution in [0.1, 0.15) is 20.7 Å². The number of carbonyl (C=O) groups excluding carboxylic acids is 2. The molecule has 0 atom stereocenters. The molecular formula is C28H14F4O4. The molecule has 178 valence electrons. The summed E-state index contributed by atoms with van der Waals surface area (Å²) in [4.78, 5) is 25.6. The van der Waals surface area contributed by atoms with E-state index in [-0.39, 0.29) is 22.6 Å². The first-order chi connectivity index (χ1) is 17.3. The van der Waals surface area contributed by atoms with Gasteiger partial charge < -0.3 is 9.47 Å². The van der Waals surface area contributed by atoms with E-state index in [2.05, 4.69) is 0 Å². The molecule has 5 rings (SSSR count). The van der Waals surface area contributed by atoms with Gasteiger partial charge in [-0.1, -0.05) is 48.5 Å². The van der Waals surface area contributed by atoms with Gasteiger partial charge in [0.15, 0.2) is 23.3 Å². The van der Waals surface area contributed by atoms with Crippen molar-refractivity contribution in [2.45, 2.75) is 0 Å². The molecule has 0 aliphatic carbocycles. The van der Waals surface area contributed by atoms with Gasteiger partial charge in [-0.2, -0.15) is 0 Å². The van der Waals surface area contributed by atoms with Gasteiger partial charge in [0, 0.05) is 21.5 Å². The lowest BCUT2D eigenvalue weighted by Gasteiger charge is -2.16. The van der Waals surface area contributed by atoms with Crippen molar-refractivity contribution in [1.29, 1.82) is 0 Å². The first-order valence-electron chi connectivity index (χ1n) is 10.6. The number of benzene rings is 5. The Kier molecular flexibility index (Phi) is 5.85. The predicted octanol–water partition coefficient (Wildman–Crippen LogP) is 6.99. The largest absolute Gasteiger partial charge is 0.422 e. The van der Waals surface area contributed by atoms with Crippen LogP contribution in [0.15, 0.2) is 84.9 Å². The van der Waals surface area contributed by atoms with E-state index >= 15 is 0 Å². The normalized spacial score (nSPS) is 11.0. The van der Waals surface area contributed by atoms with Crippen LogP contribution in [0.2, 0.25) is 0 Å². The molecule has 5 aromatic carbocycles.